The molecule has 1 aromatic carbocycles. The van der Waals surface area contributed by atoms with E-state index in [0.29, 0.717) is 12.0 Å². The van der Waals surface area contributed by atoms with Gasteiger partial charge in [0.2, 0.25) is 0 Å². The van der Waals surface area contributed by atoms with Gasteiger partial charge in [-0.1, -0.05) is 19.1 Å². The highest BCUT2D eigenvalue weighted by molar-refractivity contribution is 5.88. The maximum atomic E-state index is 5.86. The molecule has 0 amide bonds. The minimum absolute atomic E-state index is 0.683. The topological polar surface area (TPSA) is 45.0 Å². The summed E-state index contributed by atoms with van der Waals surface area (Å²) in [4.78, 5) is 6.23. The standard InChI is InChI=1S/C19H27N3/c1-2-8-22-12-13(6-7-20)9-16-15-4-3-5-17-19(15)14(11-21-17)10-18(16)22/h3-5,11,13,16,18,21H,2,6-10,12,20H2,1H3/t13?,16-,18-/m1/s1. The second-order valence-corrected chi connectivity index (χ2v) is 7.14. The largest absolute Gasteiger partial charge is 0.361 e. The Bertz CT molecular complexity index is 660. The van der Waals surface area contributed by atoms with E-state index in [2.05, 4.69) is 41.2 Å². The highest BCUT2D eigenvalue weighted by Crippen LogP contribution is 2.45. The van der Waals surface area contributed by atoms with Crippen LogP contribution in [0, 0.1) is 5.92 Å². The van der Waals surface area contributed by atoms with Crippen LogP contribution in [0.5, 0.6) is 0 Å². The number of nitrogens with zero attached hydrogens (tertiary/aromatic N) is 1. The first-order chi connectivity index (χ1) is 10.8. The lowest BCUT2D eigenvalue weighted by Crippen LogP contribution is -2.50. The number of H-pyrrole nitrogens is 1. The fourth-order valence-electron chi connectivity index (χ4n) is 4.89. The molecule has 3 nitrogen and oxygen atoms in total. The van der Waals surface area contributed by atoms with E-state index in [1.165, 1.54) is 55.2 Å². The Hall–Kier alpha value is -1.32. The Labute approximate surface area is 132 Å². The van der Waals surface area contributed by atoms with Crippen molar-refractivity contribution in [3.05, 3.63) is 35.5 Å². The van der Waals surface area contributed by atoms with E-state index in [4.69, 9.17) is 5.73 Å². The summed E-state index contributed by atoms with van der Waals surface area (Å²) in [5.74, 6) is 1.44. The van der Waals surface area contributed by atoms with Gasteiger partial charge < -0.3 is 10.7 Å². The summed E-state index contributed by atoms with van der Waals surface area (Å²) in [7, 11) is 0. The van der Waals surface area contributed by atoms with Crippen molar-refractivity contribution in [2.75, 3.05) is 19.6 Å². The van der Waals surface area contributed by atoms with Crippen LogP contribution < -0.4 is 5.73 Å². The smallest absolute Gasteiger partial charge is 0.0459 e. The number of aromatic amines is 1. The molecule has 1 fully saturated rings. The van der Waals surface area contributed by atoms with Crippen LogP contribution >= 0.6 is 0 Å². The van der Waals surface area contributed by atoms with Crippen molar-refractivity contribution in [3.63, 3.8) is 0 Å². The molecule has 1 unspecified atom stereocenters. The zero-order valence-electron chi connectivity index (χ0n) is 13.5. The summed E-state index contributed by atoms with van der Waals surface area (Å²) in [6.45, 7) is 5.58. The second kappa shape index (κ2) is 5.71. The predicted molar refractivity (Wildman–Crippen MR) is 92.2 cm³/mol. The van der Waals surface area contributed by atoms with E-state index in [-0.39, 0.29) is 0 Å². The third-order valence-corrected chi connectivity index (χ3v) is 5.75. The van der Waals surface area contributed by atoms with Crippen molar-refractivity contribution >= 4 is 10.9 Å². The number of hydrogen-bond acceptors (Lipinski definition) is 2. The van der Waals surface area contributed by atoms with Gasteiger partial charge in [0.1, 0.15) is 0 Å². The third kappa shape index (κ3) is 2.19. The third-order valence-electron chi connectivity index (χ3n) is 5.75. The number of fused-ring (bicyclic) bond motifs is 2. The number of rotatable bonds is 4. The zero-order chi connectivity index (χ0) is 15.1. The second-order valence-electron chi connectivity index (χ2n) is 7.14. The van der Waals surface area contributed by atoms with Crippen molar-refractivity contribution < 1.29 is 0 Å². The molecule has 2 aliphatic rings. The van der Waals surface area contributed by atoms with E-state index < -0.39 is 0 Å². The molecule has 1 aromatic heterocycles. The van der Waals surface area contributed by atoms with Crippen LogP contribution in [0.1, 0.15) is 43.2 Å². The summed E-state index contributed by atoms with van der Waals surface area (Å²) in [6, 6.07) is 7.48. The predicted octanol–water partition coefficient (Wildman–Crippen LogP) is 3.26. The molecular weight excluding hydrogens is 270 g/mol. The van der Waals surface area contributed by atoms with E-state index in [0.717, 1.165) is 12.5 Å². The van der Waals surface area contributed by atoms with Crippen LogP contribution in [0.3, 0.4) is 0 Å². The maximum Gasteiger partial charge on any atom is 0.0459 e. The fourth-order valence-corrected chi connectivity index (χ4v) is 4.89. The minimum Gasteiger partial charge on any atom is -0.361 e. The Kier molecular flexibility index (Phi) is 3.71. The van der Waals surface area contributed by atoms with Crippen molar-refractivity contribution in [2.24, 2.45) is 11.7 Å². The van der Waals surface area contributed by atoms with Crippen LogP contribution in [-0.2, 0) is 6.42 Å². The molecule has 0 radical (unpaired) electrons. The Morgan fingerprint density at radius 3 is 3.09 bits per heavy atom. The zero-order valence-corrected chi connectivity index (χ0v) is 13.5. The van der Waals surface area contributed by atoms with Crippen LogP contribution in [0.4, 0.5) is 0 Å². The maximum absolute atomic E-state index is 5.86. The summed E-state index contributed by atoms with van der Waals surface area (Å²) in [5, 5.41) is 1.51. The molecule has 3 N–H and O–H groups in total. The quantitative estimate of drug-likeness (QED) is 0.910. The average molecular weight is 297 g/mol. The molecule has 118 valence electrons. The van der Waals surface area contributed by atoms with Gasteiger partial charge in [0, 0.05) is 35.6 Å². The lowest BCUT2D eigenvalue weighted by atomic mass is 9.71. The first-order valence-corrected chi connectivity index (χ1v) is 8.84. The van der Waals surface area contributed by atoms with Crippen molar-refractivity contribution in [2.45, 2.75) is 44.6 Å². The van der Waals surface area contributed by atoms with E-state index in [9.17, 15) is 0 Å². The molecule has 1 aliphatic carbocycles. The minimum atomic E-state index is 0.683. The van der Waals surface area contributed by atoms with Gasteiger partial charge in [-0.15, -0.1) is 0 Å². The lowest BCUT2D eigenvalue weighted by Gasteiger charge is -2.47. The number of aromatic nitrogens is 1. The van der Waals surface area contributed by atoms with Gasteiger partial charge in [0.15, 0.2) is 0 Å². The van der Waals surface area contributed by atoms with Crippen molar-refractivity contribution in [1.82, 2.24) is 9.88 Å². The van der Waals surface area contributed by atoms with Gasteiger partial charge in [-0.3, -0.25) is 4.90 Å². The van der Waals surface area contributed by atoms with Crippen LogP contribution in [0.15, 0.2) is 24.4 Å². The van der Waals surface area contributed by atoms with E-state index >= 15 is 0 Å². The first-order valence-electron chi connectivity index (χ1n) is 8.84. The van der Waals surface area contributed by atoms with E-state index in [1.807, 2.05) is 0 Å². The monoisotopic (exact) mass is 297 g/mol. The highest BCUT2D eigenvalue weighted by Gasteiger charge is 2.40. The number of hydrogen-bond donors (Lipinski definition) is 2. The van der Waals surface area contributed by atoms with Crippen molar-refractivity contribution in [1.29, 1.82) is 0 Å². The molecule has 0 bridgehead atoms. The van der Waals surface area contributed by atoms with Crippen molar-refractivity contribution in [3.8, 4) is 0 Å². The molecule has 3 heteroatoms. The molecule has 1 saturated heterocycles. The van der Waals surface area contributed by atoms with Gasteiger partial charge >= 0.3 is 0 Å². The summed E-state index contributed by atoms with van der Waals surface area (Å²) in [6.07, 6.45) is 7.16. The molecule has 2 aromatic rings. The fraction of sp³-hybridized carbons (Fsp3) is 0.579. The Morgan fingerprint density at radius 2 is 2.27 bits per heavy atom. The van der Waals surface area contributed by atoms with Crippen LogP contribution in [0.25, 0.3) is 10.9 Å². The average Bonchev–Trinajstić information content (AvgIpc) is 2.94. The number of nitrogens with two attached hydrogens (primary N) is 1. The molecule has 2 heterocycles. The Balaban J connectivity index is 1.75. The van der Waals surface area contributed by atoms with Crippen LogP contribution in [-0.4, -0.2) is 35.6 Å². The molecule has 22 heavy (non-hydrogen) atoms. The Morgan fingerprint density at radius 1 is 1.36 bits per heavy atom. The van der Waals surface area contributed by atoms with E-state index in [1.54, 1.807) is 5.56 Å². The molecular formula is C19H27N3. The lowest BCUT2D eigenvalue weighted by molar-refractivity contribution is 0.0821. The number of likely N-dealkylation sites (tertiary alicyclic amines) is 1. The number of nitrogens with one attached hydrogen (secondary N) is 1. The molecule has 3 atom stereocenters. The normalized spacial score (nSPS) is 28.0. The number of benzene rings is 1. The van der Waals surface area contributed by atoms with Gasteiger partial charge in [-0.05, 0) is 61.9 Å². The number of piperidine rings is 1. The summed E-state index contributed by atoms with van der Waals surface area (Å²) in [5.41, 5.74) is 10.3. The van der Waals surface area contributed by atoms with Gasteiger partial charge in [-0.2, -0.15) is 0 Å². The van der Waals surface area contributed by atoms with Gasteiger partial charge in [-0.25, -0.2) is 0 Å². The summed E-state index contributed by atoms with van der Waals surface area (Å²) >= 11 is 0. The molecule has 0 spiro atoms. The SMILES string of the molecule is CCCN1CC(CCN)C[C@@H]2c3cccc4[nH]cc(c34)C[C@H]21. The van der Waals surface area contributed by atoms with Gasteiger partial charge in [0.25, 0.3) is 0 Å². The highest BCUT2D eigenvalue weighted by atomic mass is 15.2. The van der Waals surface area contributed by atoms with Gasteiger partial charge in [0.05, 0.1) is 0 Å². The first kappa shape index (κ1) is 14.3. The van der Waals surface area contributed by atoms with Crippen LogP contribution in [0.2, 0.25) is 0 Å². The molecule has 1 aliphatic heterocycles. The molecule has 0 saturated carbocycles. The summed E-state index contributed by atoms with van der Waals surface area (Å²) < 4.78 is 0. The molecule has 4 rings (SSSR count).